The molecule has 0 radical (unpaired) electrons. The molecule has 0 aliphatic carbocycles. The average molecular weight is 427 g/mol. The van der Waals surface area contributed by atoms with Gasteiger partial charge in [0.05, 0.1) is 4.91 Å². The predicted octanol–water partition coefficient (Wildman–Crippen LogP) is 4.38. The normalized spacial score (nSPS) is 17.0. The number of rotatable bonds is 2. The first-order valence-corrected chi connectivity index (χ1v) is 8.42. The second kappa shape index (κ2) is 5.94. The van der Waals surface area contributed by atoms with Crippen molar-refractivity contribution < 1.29 is 9.21 Å². The van der Waals surface area contributed by atoms with Crippen molar-refractivity contribution in [3.8, 4) is 11.3 Å². The lowest BCUT2D eigenvalue weighted by Crippen LogP contribution is -2.22. The van der Waals surface area contributed by atoms with Gasteiger partial charge in [0.2, 0.25) is 0 Å². The summed E-state index contributed by atoms with van der Waals surface area (Å²) < 4.78 is 7.53. The van der Waals surface area contributed by atoms with E-state index in [1.165, 1.54) is 20.2 Å². The molecule has 0 bridgehead atoms. The molecule has 0 spiro atoms. The molecule has 106 valence electrons. The van der Waals surface area contributed by atoms with Gasteiger partial charge in [-0.25, -0.2) is 0 Å². The minimum atomic E-state index is -0.0859. The van der Waals surface area contributed by atoms with Gasteiger partial charge in [0.15, 0.2) is 0 Å². The second-order valence-corrected chi connectivity index (χ2v) is 7.37. The molecule has 3 rings (SSSR count). The number of thiocarbonyl (C=S) groups is 1. The Morgan fingerprint density at radius 1 is 1.24 bits per heavy atom. The van der Waals surface area contributed by atoms with Crippen LogP contribution in [0.25, 0.3) is 17.4 Å². The van der Waals surface area contributed by atoms with Crippen molar-refractivity contribution in [2.75, 3.05) is 7.05 Å². The van der Waals surface area contributed by atoms with Crippen LogP contribution in [-0.2, 0) is 4.79 Å². The van der Waals surface area contributed by atoms with Crippen molar-refractivity contribution in [3.63, 3.8) is 0 Å². The second-order valence-electron chi connectivity index (χ2n) is 4.45. The Kier molecular flexibility index (Phi) is 4.19. The lowest BCUT2D eigenvalue weighted by molar-refractivity contribution is -0.121. The summed E-state index contributed by atoms with van der Waals surface area (Å²) in [6, 6.07) is 11.8. The zero-order valence-electron chi connectivity index (χ0n) is 11.0. The van der Waals surface area contributed by atoms with Gasteiger partial charge in [-0.15, -0.1) is 0 Å². The topological polar surface area (TPSA) is 33.5 Å². The van der Waals surface area contributed by atoms with Crippen LogP contribution in [0.3, 0.4) is 0 Å². The Labute approximate surface area is 145 Å². The third kappa shape index (κ3) is 3.07. The van der Waals surface area contributed by atoms with Gasteiger partial charge in [0, 0.05) is 22.3 Å². The van der Waals surface area contributed by atoms with E-state index < -0.39 is 0 Å². The highest BCUT2D eigenvalue weighted by Gasteiger charge is 2.28. The first kappa shape index (κ1) is 14.8. The minimum Gasteiger partial charge on any atom is -0.457 e. The number of benzene rings is 1. The molecule has 3 nitrogen and oxygen atoms in total. The predicted molar refractivity (Wildman–Crippen MR) is 97.8 cm³/mol. The number of amides is 1. The first-order valence-electron chi connectivity index (χ1n) is 6.12. The fraction of sp³-hybridized carbons (Fsp3) is 0.0667. The quantitative estimate of drug-likeness (QED) is 0.405. The van der Waals surface area contributed by atoms with E-state index in [0.29, 0.717) is 15.0 Å². The maximum Gasteiger partial charge on any atom is 0.266 e. The van der Waals surface area contributed by atoms with Gasteiger partial charge in [-0.1, -0.05) is 36.1 Å². The molecule has 0 atom stereocenters. The molecule has 1 fully saturated rings. The van der Waals surface area contributed by atoms with Crippen LogP contribution in [0, 0.1) is 3.57 Å². The van der Waals surface area contributed by atoms with Crippen LogP contribution in [0.1, 0.15) is 5.76 Å². The standard InChI is InChI=1S/C15H10INO2S2/c1-17-14(18)13(21-15(17)20)8-11-6-7-12(19-11)9-2-4-10(16)5-3-9/h2-8H,1H3/b13-8-. The first-order chi connectivity index (χ1) is 10.0. The van der Waals surface area contributed by atoms with Crippen LogP contribution in [0.15, 0.2) is 45.7 Å². The zero-order chi connectivity index (χ0) is 15.0. The highest BCUT2D eigenvalue weighted by atomic mass is 127. The molecule has 1 amide bonds. The molecule has 2 heterocycles. The number of carbonyl (C=O) groups is 1. The van der Waals surface area contributed by atoms with Crippen LogP contribution in [0.2, 0.25) is 0 Å². The van der Waals surface area contributed by atoms with Crippen LogP contribution >= 0.6 is 46.6 Å². The lowest BCUT2D eigenvalue weighted by Gasteiger charge is -2.03. The van der Waals surface area contributed by atoms with E-state index in [-0.39, 0.29) is 5.91 Å². The Morgan fingerprint density at radius 2 is 1.95 bits per heavy atom. The Morgan fingerprint density at radius 3 is 2.57 bits per heavy atom. The van der Waals surface area contributed by atoms with Gasteiger partial charge in [0.1, 0.15) is 15.8 Å². The molecule has 1 aliphatic heterocycles. The van der Waals surface area contributed by atoms with Crippen molar-refractivity contribution in [1.82, 2.24) is 4.90 Å². The third-order valence-corrected chi connectivity index (χ3v) is 5.22. The Bertz CT molecular complexity index is 749. The van der Waals surface area contributed by atoms with Crippen LogP contribution in [0.4, 0.5) is 0 Å². The van der Waals surface area contributed by atoms with Gasteiger partial charge in [-0.3, -0.25) is 9.69 Å². The monoisotopic (exact) mass is 427 g/mol. The smallest absolute Gasteiger partial charge is 0.266 e. The van der Waals surface area contributed by atoms with E-state index in [0.717, 1.165) is 11.3 Å². The van der Waals surface area contributed by atoms with E-state index in [2.05, 4.69) is 22.6 Å². The van der Waals surface area contributed by atoms with Crippen LogP contribution in [-0.4, -0.2) is 22.2 Å². The van der Waals surface area contributed by atoms with Crippen molar-refractivity contribution in [3.05, 3.63) is 50.6 Å². The number of carbonyl (C=O) groups excluding carboxylic acids is 1. The number of furan rings is 1. The average Bonchev–Trinajstić information content (AvgIpc) is 3.02. The third-order valence-electron chi connectivity index (χ3n) is 3.02. The number of nitrogens with zero attached hydrogens (tertiary/aromatic N) is 1. The molecule has 1 saturated heterocycles. The van der Waals surface area contributed by atoms with Crippen molar-refractivity contribution in [1.29, 1.82) is 0 Å². The van der Waals surface area contributed by atoms with Crippen LogP contribution in [0.5, 0.6) is 0 Å². The fourth-order valence-electron chi connectivity index (χ4n) is 1.87. The van der Waals surface area contributed by atoms with E-state index in [1.54, 1.807) is 13.1 Å². The molecule has 0 saturated carbocycles. The largest absolute Gasteiger partial charge is 0.457 e. The summed E-state index contributed by atoms with van der Waals surface area (Å²) in [5, 5.41) is 0. The number of hydrogen-bond donors (Lipinski definition) is 0. The molecule has 6 heteroatoms. The molecule has 1 aliphatic rings. The van der Waals surface area contributed by atoms with Gasteiger partial charge < -0.3 is 4.42 Å². The van der Waals surface area contributed by atoms with Crippen molar-refractivity contribution in [2.45, 2.75) is 0 Å². The summed E-state index contributed by atoms with van der Waals surface area (Å²) in [6.07, 6.45) is 1.74. The van der Waals surface area contributed by atoms with Gasteiger partial charge in [-0.2, -0.15) is 0 Å². The number of thioether (sulfide) groups is 1. The SMILES string of the molecule is CN1C(=O)/C(=C/c2ccc(-c3ccc(I)cc3)o2)SC1=S. The fourth-order valence-corrected chi connectivity index (χ4v) is 3.39. The Hall–Kier alpha value is -1.12. The number of halogens is 1. The highest BCUT2D eigenvalue weighted by Crippen LogP contribution is 2.32. The Balaban J connectivity index is 1.87. The summed E-state index contributed by atoms with van der Waals surface area (Å²) in [5.74, 6) is 1.35. The highest BCUT2D eigenvalue weighted by molar-refractivity contribution is 14.1. The lowest BCUT2D eigenvalue weighted by atomic mass is 10.2. The maximum absolute atomic E-state index is 11.9. The molecule has 0 unspecified atom stereocenters. The van der Waals surface area contributed by atoms with Crippen molar-refractivity contribution >= 4 is 62.9 Å². The van der Waals surface area contributed by atoms with Gasteiger partial charge >= 0.3 is 0 Å². The summed E-state index contributed by atoms with van der Waals surface area (Å²) in [7, 11) is 1.68. The van der Waals surface area contributed by atoms with Crippen LogP contribution < -0.4 is 0 Å². The maximum atomic E-state index is 11.9. The molecular weight excluding hydrogens is 417 g/mol. The summed E-state index contributed by atoms with van der Waals surface area (Å²) >= 11 is 8.66. The summed E-state index contributed by atoms with van der Waals surface area (Å²) in [4.78, 5) is 14.0. The zero-order valence-corrected chi connectivity index (χ0v) is 14.8. The summed E-state index contributed by atoms with van der Waals surface area (Å²) in [5.41, 5.74) is 1.01. The van der Waals surface area contributed by atoms with E-state index in [4.69, 9.17) is 16.6 Å². The molecule has 21 heavy (non-hydrogen) atoms. The van der Waals surface area contributed by atoms with E-state index >= 15 is 0 Å². The number of hydrogen-bond acceptors (Lipinski definition) is 4. The van der Waals surface area contributed by atoms with E-state index in [1.807, 2.05) is 36.4 Å². The minimum absolute atomic E-state index is 0.0859. The molecule has 2 aromatic rings. The molecule has 1 aromatic carbocycles. The van der Waals surface area contributed by atoms with Crippen molar-refractivity contribution in [2.24, 2.45) is 0 Å². The molecule has 0 N–H and O–H groups in total. The van der Waals surface area contributed by atoms with E-state index in [9.17, 15) is 4.79 Å². The summed E-state index contributed by atoms with van der Waals surface area (Å²) in [6.45, 7) is 0. The van der Waals surface area contributed by atoms with Gasteiger partial charge in [-0.05, 0) is 46.9 Å². The molecule has 1 aromatic heterocycles. The number of likely N-dealkylation sites (N-methyl/N-ethyl adjacent to an activating group) is 1. The molecular formula is C15H10INO2S2. The van der Waals surface area contributed by atoms with Gasteiger partial charge in [0.25, 0.3) is 5.91 Å².